The third-order valence-corrected chi connectivity index (χ3v) is 5.66. The number of aromatic nitrogens is 4. The van der Waals surface area contributed by atoms with Crippen molar-refractivity contribution in [2.75, 3.05) is 31.1 Å². The van der Waals surface area contributed by atoms with E-state index in [0.29, 0.717) is 11.4 Å². The van der Waals surface area contributed by atoms with Gasteiger partial charge in [0.2, 0.25) is 4.77 Å². The van der Waals surface area contributed by atoms with Crippen LogP contribution in [0, 0.1) is 24.4 Å². The normalized spacial score (nSPS) is 15.2. The molecule has 1 saturated heterocycles. The van der Waals surface area contributed by atoms with Gasteiger partial charge >= 0.3 is 0 Å². The molecule has 0 amide bonds. The van der Waals surface area contributed by atoms with Gasteiger partial charge in [0, 0.05) is 31.9 Å². The first-order valence-electron chi connectivity index (χ1n) is 9.34. The largest absolute Gasteiger partial charge is 0.369 e. The molecule has 0 bridgehead atoms. The molecule has 1 aromatic heterocycles. The zero-order valence-corrected chi connectivity index (χ0v) is 16.9. The van der Waals surface area contributed by atoms with Crippen molar-refractivity contribution >= 4 is 17.9 Å². The molecule has 0 aliphatic carbocycles. The van der Waals surface area contributed by atoms with Crippen LogP contribution in [0.5, 0.6) is 0 Å². The summed E-state index contributed by atoms with van der Waals surface area (Å²) in [6.07, 6.45) is 0. The fourth-order valence-corrected chi connectivity index (χ4v) is 3.61. The number of aryl methyl sites for hydroxylation is 2. The van der Waals surface area contributed by atoms with Crippen molar-refractivity contribution in [3.05, 3.63) is 64.2 Å². The van der Waals surface area contributed by atoms with E-state index in [9.17, 15) is 4.39 Å². The van der Waals surface area contributed by atoms with Crippen LogP contribution in [0.3, 0.4) is 0 Å². The quantitative estimate of drug-likeness (QED) is 0.631. The summed E-state index contributed by atoms with van der Waals surface area (Å²) in [5, 5.41) is 8.50. The Morgan fingerprint density at radius 2 is 1.57 bits per heavy atom. The van der Waals surface area contributed by atoms with Crippen molar-refractivity contribution in [2.45, 2.75) is 20.5 Å². The van der Waals surface area contributed by atoms with E-state index >= 15 is 0 Å². The summed E-state index contributed by atoms with van der Waals surface area (Å²) in [6, 6.07) is 12.8. The first kappa shape index (κ1) is 18.8. The third-order valence-electron chi connectivity index (χ3n) is 5.27. The number of piperazine rings is 1. The molecule has 1 aliphatic heterocycles. The topological polar surface area (TPSA) is 42.1 Å². The van der Waals surface area contributed by atoms with Crippen molar-refractivity contribution in [3.63, 3.8) is 0 Å². The van der Waals surface area contributed by atoms with Crippen LogP contribution in [0.25, 0.3) is 5.69 Å². The van der Waals surface area contributed by atoms with E-state index in [2.05, 4.69) is 46.2 Å². The zero-order valence-electron chi connectivity index (χ0n) is 16.0. The fraction of sp³-hybridized carbons (Fsp3) is 0.350. The third kappa shape index (κ3) is 3.83. The summed E-state index contributed by atoms with van der Waals surface area (Å²) in [4.78, 5) is 4.57. The molecule has 2 heterocycles. The Morgan fingerprint density at radius 3 is 2.25 bits per heavy atom. The molecule has 2 aromatic carbocycles. The zero-order chi connectivity index (χ0) is 19.7. The number of hydrogen-bond acceptors (Lipinski definition) is 5. The molecule has 6 nitrogen and oxygen atoms in total. The molecular formula is C20H23FN6S. The highest BCUT2D eigenvalue weighted by molar-refractivity contribution is 7.71. The van der Waals surface area contributed by atoms with E-state index in [-0.39, 0.29) is 5.82 Å². The van der Waals surface area contributed by atoms with Gasteiger partial charge in [0.25, 0.3) is 0 Å². The fourth-order valence-electron chi connectivity index (χ4n) is 3.37. The van der Waals surface area contributed by atoms with Gasteiger partial charge in [0.1, 0.15) is 5.82 Å². The molecule has 28 heavy (non-hydrogen) atoms. The van der Waals surface area contributed by atoms with Crippen LogP contribution in [0.2, 0.25) is 0 Å². The molecule has 0 N–H and O–H groups in total. The SMILES string of the molecule is Cc1ccc(-n2nnn(CN3CCN(c4ccc(F)cc4)CC3)c2=S)cc1C. The van der Waals surface area contributed by atoms with Crippen molar-refractivity contribution in [3.8, 4) is 5.69 Å². The average Bonchev–Trinajstić information content (AvgIpc) is 3.06. The first-order chi connectivity index (χ1) is 13.5. The number of hydrogen-bond donors (Lipinski definition) is 0. The standard InChI is InChI=1S/C20H23FN6S/c1-15-3-6-19(13-16(15)2)27-20(28)26(22-23-27)14-24-9-11-25(12-10-24)18-7-4-17(21)5-8-18/h3-8,13H,9-12,14H2,1-2H3. The number of tetrazole rings is 1. The Labute approximate surface area is 168 Å². The molecule has 1 fully saturated rings. The summed E-state index contributed by atoms with van der Waals surface area (Å²) in [6.45, 7) is 8.30. The second-order valence-corrected chi connectivity index (χ2v) is 7.53. The van der Waals surface area contributed by atoms with Crippen molar-refractivity contribution in [1.82, 2.24) is 24.7 Å². The van der Waals surface area contributed by atoms with Gasteiger partial charge in [-0.3, -0.25) is 4.90 Å². The number of rotatable bonds is 4. The average molecular weight is 399 g/mol. The molecule has 0 atom stereocenters. The molecule has 8 heteroatoms. The number of anilines is 1. The van der Waals surface area contributed by atoms with Gasteiger partial charge in [0.15, 0.2) is 0 Å². The Hall–Kier alpha value is -2.58. The predicted molar refractivity (Wildman–Crippen MR) is 110 cm³/mol. The molecule has 146 valence electrons. The van der Waals surface area contributed by atoms with Gasteiger partial charge in [-0.1, -0.05) is 6.07 Å². The molecule has 3 aromatic rings. The maximum atomic E-state index is 13.1. The van der Waals surface area contributed by atoms with Crippen LogP contribution in [0.1, 0.15) is 11.1 Å². The molecule has 0 unspecified atom stereocenters. The molecule has 4 rings (SSSR count). The summed E-state index contributed by atoms with van der Waals surface area (Å²) in [5.74, 6) is -0.205. The Kier molecular flexibility index (Phi) is 5.23. The monoisotopic (exact) mass is 398 g/mol. The van der Waals surface area contributed by atoms with E-state index < -0.39 is 0 Å². The summed E-state index contributed by atoms with van der Waals surface area (Å²) < 4.78 is 17.2. The van der Waals surface area contributed by atoms with Gasteiger partial charge < -0.3 is 4.90 Å². The lowest BCUT2D eigenvalue weighted by Crippen LogP contribution is -2.47. The predicted octanol–water partition coefficient (Wildman–Crippen LogP) is 3.33. The minimum Gasteiger partial charge on any atom is -0.369 e. The molecule has 0 radical (unpaired) electrons. The van der Waals surface area contributed by atoms with Crippen LogP contribution in [0.4, 0.5) is 10.1 Å². The lowest BCUT2D eigenvalue weighted by atomic mass is 10.1. The van der Waals surface area contributed by atoms with Crippen LogP contribution in [-0.2, 0) is 6.67 Å². The number of halogens is 1. The maximum absolute atomic E-state index is 13.1. The van der Waals surface area contributed by atoms with E-state index in [1.807, 2.05) is 18.2 Å². The van der Waals surface area contributed by atoms with Crippen LogP contribution in [0.15, 0.2) is 42.5 Å². The van der Waals surface area contributed by atoms with Gasteiger partial charge in [-0.25, -0.2) is 9.07 Å². The van der Waals surface area contributed by atoms with Gasteiger partial charge in [-0.15, -0.1) is 0 Å². The highest BCUT2D eigenvalue weighted by Crippen LogP contribution is 2.17. The maximum Gasteiger partial charge on any atom is 0.221 e. The van der Waals surface area contributed by atoms with E-state index in [1.54, 1.807) is 9.36 Å². The summed E-state index contributed by atoms with van der Waals surface area (Å²) >= 11 is 5.59. The number of benzene rings is 2. The second-order valence-electron chi connectivity index (χ2n) is 7.16. The Balaban J connectivity index is 1.42. The first-order valence-corrected chi connectivity index (χ1v) is 9.75. The molecule has 1 aliphatic rings. The Bertz CT molecular complexity index is 1020. The smallest absolute Gasteiger partial charge is 0.221 e. The van der Waals surface area contributed by atoms with E-state index in [1.165, 1.54) is 23.3 Å². The van der Waals surface area contributed by atoms with Crippen molar-refractivity contribution < 1.29 is 4.39 Å². The highest BCUT2D eigenvalue weighted by atomic mass is 32.1. The van der Waals surface area contributed by atoms with Gasteiger partial charge in [0.05, 0.1) is 12.4 Å². The van der Waals surface area contributed by atoms with Crippen molar-refractivity contribution in [1.29, 1.82) is 0 Å². The summed E-state index contributed by atoms with van der Waals surface area (Å²) in [7, 11) is 0. The van der Waals surface area contributed by atoms with Gasteiger partial charge in [-0.2, -0.15) is 4.68 Å². The van der Waals surface area contributed by atoms with E-state index in [4.69, 9.17) is 12.2 Å². The van der Waals surface area contributed by atoms with Crippen LogP contribution >= 0.6 is 12.2 Å². The van der Waals surface area contributed by atoms with E-state index in [0.717, 1.165) is 37.6 Å². The lowest BCUT2D eigenvalue weighted by molar-refractivity contribution is 0.193. The lowest BCUT2D eigenvalue weighted by Gasteiger charge is -2.35. The second kappa shape index (κ2) is 7.81. The Morgan fingerprint density at radius 1 is 0.893 bits per heavy atom. The van der Waals surface area contributed by atoms with Gasteiger partial charge in [-0.05, 0) is 84.0 Å². The highest BCUT2D eigenvalue weighted by Gasteiger charge is 2.18. The molecule has 0 spiro atoms. The number of nitrogens with zero attached hydrogens (tertiary/aromatic N) is 6. The minimum atomic E-state index is -0.205. The van der Waals surface area contributed by atoms with Crippen LogP contribution < -0.4 is 4.90 Å². The van der Waals surface area contributed by atoms with Crippen LogP contribution in [-0.4, -0.2) is 50.9 Å². The summed E-state index contributed by atoms with van der Waals surface area (Å²) in [5.41, 5.74) is 4.42. The molecular weight excluding hydrogens is 375 g/mol. The molecule has 0 saturated carbocycles. The minimum absolute atomic E-state index is 0.205. The van der Waals surface area contributed by atoms with Crippen molar-refractivity contribution in [2.24, 2.45) is 0 Å².